The van der Waals surface area contributed by atoms with Crippen LogP contribution in [0, 0.1) is 29.2 Å². The SMILES string of the molecule is CCCCC(CC)COC(=O)CCSc1cc(C(=O)O)nn1-c1cc(F)ccc1F.CCOC(=O)c1cc(OS(=O)(=O)C(F)(F)F)n(-c2cc(F)ccc2F)n1. The monoisotopic (exact) mass is 840 g/mol. The van der Waals surface area contributed by atoms with Crippen molar-refractivity contribution >= 4 is 39.8 Å². The number of thioether (sulfide) groups is 1. The first-order valence-corrected chi connectivity index (χ1v) is 19.0. The molecule has 2 heterocycles. The lowest BCUT2D eigenvalue weighted by molar-refractivity contribution is -0.144. The molecule has 0 radical (unpaired) electrons. The van der Waals surface area contributed by atoms with Gasteiger partial charge in [-0.1, -0.05) is 33.1 Å². The van der Waals surface area contributed by atoms with E-state index < -0.39 is 68.1 Å². The van der Waals surface area contributed by atoms with E-state index in [0.29, 0.717) is 41.8 Å². The van der Waals surface area contributed by atoms with Crippen molar-refractivity contribution in [1.29, 1.82) is 0 Å². The fourth-order valence-electron chi connectivity index (χ4n) is 4.52. The Morgan fingerprint density at radius 1 is 0.857 bits per heavy atom. The molecule has 0 saturated heterocycles. The largest absolute Gasteiger partial charge is 0.534 e. The van der Waals surface area contributed by atoms with Crippen LogP contribution in [-0.4, -0.2) is 75.5 Å². The van der Waals surface area contributed by atoms with Crippen molar-refractivity contribution in [3.05, 3.63) is 83.2 Å². The summed E-state index contributed by atoms with van der Waals surface area (Å²) in [5.41, 5.74) is -7.76. The zero-order valence-electron chi connectivity index (χ0n) is 29.8. The summed E-state index contributed by atoms with van der Waals surface area (Å²) < 4.78 is 130. The number of nitrogens with zero attached hydrogens (tertiary/aromatic N) is 4. The summed E-state index contributed by atoms with van der Waals surface area (Å²) in [6.45, 7) is 5.86. The molecule has 0 amide bonds. The second-order valence-corrected chi connectivity index (χ2v) is 14.1. The lowest BCUT2D eigenvalue weighted by Gasteiger charge is -2.14. The molecule has 0 bridgehead atoms. The predicted molar refractivity (Wildman–Crippen MR) is 185 cm³/mol. The van der Waals surface area contributed by atoms with Gasteiger partial charge in [0, 0.05) is 30.0 Å². The topological polar surface area (TPSA) is 169 Å². The highest BCUT2D eigenvalue weighted by Gasteiger charge is 2.49. The van der Waals surface area contributed by atoms with Crippen molar-refractivity contribution in [2.75, 3.05) is 19.0 Å². The van der Waals surface area contributed by atoms with Crippen LogP contribution in [0.3, 0.4) is 0 Å². The van der Waals surface area contributed by atoms with E-state index in [2.05, 4.69) is 33.0 Å². The molecule has 4 aromatic rings. The van der Waals surface area contributed by atoms with Crippen LogP contribution < -0.4 is 4.18 Å². The van der Waals surface area contributed by atoms with Gasteiger partial charge in [0.2, 0.25) is 5.88 Å². The summed E-state index contributed by atoms with van der Waals surface area (Å²) >= 11 is 1.12. The number of alkyl halides is 3. The molecule has 306 valence electrons. The number of benzene rings is 2. The molecule has 0 saturated carbocycles. The molecule has 0 aliphatic rings. The Morgan fingerprint density at radius 3 is 1.98 bits per heavy atom. The fourth-order valence-corrected chi connectivity index (χ4v) is 5.89. The zero-order valence-corrected chi connectivity index (χ0v) is 31.5. The highest BCUT2D eigenvalue weighted by molar-refractivity contribution is 7.99. The number of unbranched alkanes of at least 4 members (excludes halogenated alkanes) is 1. The second kappa shape index (κ2) is 20.2. The number of hydrogen-bond acceptors (Lipinski definition) is 11. The molecule has 0 spiro atoms. The molecular weight excluding hydrogens is 806 g/mol. The number of carboxylic acids is 1. The quantitative estimate of drug-likeness (QED) is 0.0363. The maximum atomic E-state index is 14.1. The molecule has 4 rings (SSSR count). The minimum atomic E-state index is -6.16. The third kappa shape index (κ3) is 12.4. The summed E-state index contributed by atoms with van der Waals surface area (Å²) in [5, 5.41) is 16.8. The van der Waals surface area contributed by atoms with Gasteiger partial charge in [-0.3, -0.25) is 4.79 Å². The molecule has 2 aromatic carbocycles. The number of aromatic nitrogens is 4. The maximum absolute atomic E-state index is 14.1. The average Bonchev–Trinajstić information content (AvgIpc) is 3.75. The minimum absolute atomic E-state index is 0.105. The van der Waals surface area contributed by atoms with Gasteiger partial charge in [0.05, 0.1) is 19.6 Å². The van der Waals surface area contributed by atoms with Gasteiger partial charge < -0.3 is 18.8 Å². The summed E-state index contributed by atoms with van der Waals surface area (Å²) in [6.07, 6.45) is 4.26. The van der Waals surface area contributed by atoms with E-state index in [4.69, 9.17) is 4.74 Å². The van der Waals surface area contributed by atoms with Gasteiger partial charge in [0.1, 0.15) is 39.7 Å². The number of aromatic carboxylic acids is 1. The van der Waals surface area contributed by atoms with Gasteiger partial charge in [0.25, 0.3) is 0 Å². The molecule has 2 aromatic heterocycles. The number of ether oxygens (including phenoxy) is 2. The van der Waals surface area contributed by atoms with E-state index in [9.17, 15) is 58.6 Å². The number of carboxylic acid groups (broad SMARTS) is 1. The van der Waals surface area contributed by atoms with Gasteiger partial charge in [-0.15, -0.1) is 11.8 Å². The van der Waals surface area contributed by atoms with E-state index in [0.717, 1.165) is 60.3 Å². The molecule has 0 aliphatic heterocycles. The molecule has 22 heteroatoms. The lowest BCUT2D eigenvalue weighted by atomic mass is 10.0. The first-order valence-electron chi connectivity index (χ1n) is 16.6. The van der Waals surface area contributed by atoms with Crippen LogP contribution in [0.1, 0.15) is 73.9 Å². The number of rotatable bonds is 17. The zero-order chi connectivity index (χ0) is 41.8. The third-order valence-corrected chi connectivity index (χ3v) is 9.34. The van der Waals surface area contributed by atoms with Gasteiger partial charge in [-0.25, -0.2) is 31.8 Å². The third-order valence-electron chi connectivity index (χ3n) is 7.39. The molecule has 1 N–H and O–H groups in total. The van der Waals surface area contributed by atoms with Crippen LogP contribution in [-0.2, 0) is 24.4 Å². The standard InChI is InChI=1S/C21H26F2N2O4S.C13H9F5N2O5S/c1-3-5-6-14(4-2)13-29-20(26)9-10-30-19-12-17(21(27)28)24-25(19)18-11-15(22)7-8-16(18)23;1-2-24-12(21)9-6-11(25-26(22,23)13(16,17)18)20(19-9)10-5-7(14)3-4-8(10)15/h7-8,11-12,14H,3-6,9-10,13H2,1-2H3,(H,27,28);3-6H,2H2,1H3. The van der Waals surface area contributed by atoms with Crippen molar-refractivity contribution in [3.63, 3.8) is 0 Å². The van der Waals surface area contributed by atoms with Crippen LogP contribution >= 0.6 is 11.8 Å². The Balaban J connectivity index is 0.000000303. The first kappa shape index (κ1) is 45.3. The van der Waals surface area contributed by atoms with Crippen molar-refractivity contribution in [3.8, 4) is 17.3 Å². The summed E-state index contributed by atoms with van der Waals surface area (Å²) in [6, 6.07) is 6.46. The summed E-state index contributed by atoms with van der Waals surface area (Å²) in [7, 11) is -6.16. The van der Waals surface area contributed by atoms with Crippen molar-refractivity contribution in [2.24, 2.45) is 5.92 Å². The first-order chi connectivity index (χ1) is 26.3. The Hall–Kier alpha value is -5.12. The van der Waals surface area contributed by atoms with Crippen molar-refractivity contribution < 1.29 is 72.3 Å². The smallest absolute Gasteiger partial charge is 0.476 e. The number of hydrogen-bond donors (Lipinski definition) is 1. The van der Waals surface area contributed by atoms with Gasteiger partial charge >= 0.3 is 33.5 Å². The number of carbonyl (C=O) groups is 3. The highest BCUT2D eigenvalue weighted by atomic mass is 32.2. The van der Waals surface area contributed by atoms with Gasteiger partial charge in [0.15, 0.2) is 11.4 Å². The molecule has 13 nitrogen and oxygen atoms in total. The Kier molecular flexibility index (Phi) is 16.3. The predicted octanol–water partition coefficient (Wildman–Crippen LogP) is 7.65. The van der Waals surface area contributed by atoms with E-state index in [1.807, 2.05) is 0 Å². The Morgan fingerprint density at radius 2 is 1.45 bits per heavy atom. The Bertz CT molecular complexity index is 2110. The van der Waals surface area contributed by atoms with E-state index in [1.165, 1.54) is 13.0 Å². The van der Waals surface area contributed by atoms with E-state index >= 15 is 0 Å². The normalized spacial score (nSPS) is 12.0. The average molecular weight is 841 g/mol. The van der Waals surface area contributed by atoms with Crippen LogP contribution in [0.5, 0.6) is 5.88 Å². The van der Waals surface area contributed by atoms with E-state index in [1.54, 1.807) is 0 Å². The molecule has 0 aliphatic carbocycles. The molecule has 1 unspecified atom stereocenters. The summed E-state index contributed by atoms with van der Waals surface area (Å²) in [5.74, 6) is -6.92. The molecule has 56 heavy (non-hydrogen) atoms. The maximum Gasteiger partial charge on any atom is 0.534 e. The Labute approximate surface area is 319 Å². The van der Waals surface area contributed by atoms with Crippen molar-refractivity contribution in [1.82, 2.24) is 19.6 Å². The van der Waals surface area contributed by atoms with Crippen LogP contribution in [0.15, 0.2) is 53.6 Å². The van der Waals surface area contributed by atoms with Crippen molar-refractivity contribution in [2.45, 2.75) is 63.4 Å². The van der Waals surface area contributed by atoms with Crippen LogP contribution in [0.2, 0.25) is 0 Å². The minimum Gasteiger partial charge on any atom is -0.476 e. The molecular formula is C34H35F7N4O9S2. The van der Waals surface area contributed by atoms with Gasteiger partial charge in [-0.05, 0) is 43.5 Å². The molecule has 1 atom stereocenters. The molecule has 0 fully saturated rings. The number of esters is 2. The van der Waals surface area contributed by atoms with Gasteiger partial charge in [-0.2, -0.15) is 36.5 Å². The number of halogens is 7. The lowest BCUT2D eigenvalue weighted by Crippen LogP contribution is -2.28. The second-order valence-electron chi connectivity index (χ2n) is 11.5. The summed E-state index contributed by atoms with van der Waals surface area (Å²) in [4.78, 5) is 35.0. The number of carbonyl (C=O) groups excluding carboxylic acids is 2. The van der Waals surface area contributed by atoms with E-state index in [-0.39, 0.29) is 40.8 Å². The van der Waals surface area contributed by atoms with Crippen LogP contribution in [0.25, 0.3) is 11.4 Å². The fraction of sp³-hybridized carbons (Fsp3) is 0.382. The van der Waals surface area contributed by atoms with Crippen LogP contribution in [0.4, 0.5) is 30.7 Å². The highest BCUT2D eigenvalue weighted by Crippen LogP contribution is 2.30.